The minimum absolute atomic E-state index is 0.545. The highest BCUT2D eigenvalue weighted by Gasteiger charge is 2.38. The van der Waals surface area contributed by atoms with Crippen molar-refractivity contribution in [3.63, 3.8) is 0 Å². The third-order valence-electron chi connectivity index (χ3n) is 8.02. The zero-order valence-electron chi connectivity index (χ0n) is 17.3. The summed E-state index contributed by atoms with van der Waals surface area (Å²) in [5.41, 5.74) is 3.05. The largest absolute Gasteiger partial charge is 0.146 e. The van der Waals surface area contributed by atoms with Gasteiger partial charge in [-0.2, -0.15) is 0 Å². The van der Waals surface area contributed by atoms with E-state index in [1.807, 2.05) is 0 Å². The first-order chi connectivity index (χ1) is 13.9. The summed E-state index contributed by atoms with van der Waals surface area (Å²) in [4.78, 5) is 0. The van der Waals surface area contributed by atoms with Gasteiger partial charge in [0.15, 0.2) is 0 Å². The molecule has 3 aliphatic heterocycles. The lowest BCUT2D eigenvalue weighted by molar-refractivity contribution is 0.439. The highest BCUT2D eigenvalue weighted by molar-refractivity contribution is 7.74. The zero-order valence-corrected chi connectivity index (χ0v) is 18.3. The van der Waals surface area contributed by atoms with Crippen molar-refractivity contribution in [2.24, 2.45) is 0 Å². The molecule has 2 fully saturated rings. The molecule has 2 aromatic rings. The van der Waals surface area contributed by atoms with E-state index < -0.39 is 7.92 Å². The van der Waals surface area contributed by atoms with Crippen LogP contribution in [0, 0.1) is 0 Å². The summed E-state index contributed by atoms with van der Waals surface area (Å²) >= 11 is 0. The van der Waals surface area contributed by atoms with Crippen molar-refractivity contribution in [2.45, 2.75) is 82.2 Å². The normalized spacial score (nSPS) is 23.5. The average Bonchev–Trinajstić information content (AvgIpc) is 3.04. The van der Waals surface area contributed by atoms with Gasteiger partial charge in [-0.25, -0.2) is 0 Å². The molecule has 0 amide bonds. The van der Waals surface area contributed by atoms with Crippen LogP contribution in [0.1, 0.15) is 64.2 Å². The van der Waals surface area contributed by atoms with E-state index in [-0.39, 0.29) is 0 Å². The van der Waals surface area contributed by atoms with Crippen LogP contribution in [0.15, 0.2) is 48.5 Å². The maximum absolute atomic E-state index is 2.41. The van der Waals surface area contributed by atoms with Gasteiger partial charge >= 0.3 is 0 Å². The van der Waals surface area contributed by atoms with Crippen molar-refractivity contribution >= 4 is 25.2 Å². The Morgan fingerprint density at radius 2 is 1.21 bits per heavy atom. The van der Waals surface area contributed by atoms with Gasteiger partial charge in [-0.1, -0.05) is 106 Å². The average molecular weight is 389 g/mol. The van der Waals surface area contributed by atoms with Crippen LogP contribution in [0.25, 0.3) is 11.1 Å². The van der Waals surface area contributed by atoms with Gasteiger partial charge < -0.3 is 0 Å². The number of fused-ring (bicyclic) bond motifs is 5. The summed E-state index contributed by atoms with van der Waals surface area (Å²) < 4.78 is 0. The van der Waals surface area contributed by atoms with Gasteiger partial charge in [-0.15, -0.1) is 0 Å². The minimum atomic E-state index is -0.545. The quantitative estimate of drug-likeness (QED) is 0.272. The van der Waals surface area contributed by atoms with Crippen LogP contribution < -0.4 is 10.6 Å². The van der Waals surface area contributed by atoms with Crippen LogP contribution in [0.3, 0.4) is 0 Å². The molecule has 0 radical (unpaired) electrons. The van der Waals surface area contributed by atoms with Crippen LogP contribution in [-0.2, 0) is 0 Å². The lowest BCUT2D eigenvalue weighted by Gasteiger charge is -2.40. The van der Waals surface area contributed by atoms with Crippen molar-refractivity contribution in [2.75, 3.05) is 6.16 Å². The second-order valence-electron chi connectivity index (χ2n) is 9.57. The van der Waals surface area contributed by atoms with Crippen molar-refractivity contribution in [3.05, 3.63) is 48.5 Å². The SMILES string of the molecule is c1ccc2c(c1)-c1ccccc1[PH+]2CCCCCCB1C2CCCC1CCC2. The molecule has 0 unspecified atom stereocenters. The molecule has 2 saturated heterocycles. The minimum Gasteiger partial charge on any atom is -0.0737 e. The molecule has 2 bridgehead atoms. The van der Waals surface area contributed by atoms with Crippen LogP contribution in [0.2, 0.25) is 18.0 Å². The van der Waals surface area contributed by atoms with Crippen LogP contribution >= 0.6 is 7.92 Å². The third kappa shape index (κ3) is 3.72. The molecule has 0 nitrogen and oxygen atoms in total. The Labute approximate surface area is 173 Å². The summed E-state index contributed by atoms with van der Waals surface area (Å²) in [6, 6.07) is 18.4. The zero-order chi connectivity index (χ0) is 18.8. The van der Waals surface area contributed by atoms with Crippen molar-refractivity contribution < 1.29 is 0 Å². The lowest BCUT2D eigenvalue weighted by atomic mass is 9.26. The summed E-state index contributed by atoms with van der Waals surface area (Å²) in [7, 11) is -0.545. The Morgan fingerprint density at radius 1 is 0.679 bits per heavy atom. The van der Waals surface area contributed by atoms with E-state index in [9.17, 15) is 0 Å². The fourth-order valence-electron chi connectivity index (χ4n) is 6.70. The predicted molar refractivity (Wildman–Crippen MR) is 129 cm³/mol. The standard InChI is InChI=1S/C26H34BP/c1(7-19-27-21-11-9-12-22(27)14-10-13-21)2-8-20-28-25-17-5-3-15-23(25)24-16-4-6-18-26(24)28/h3-6,15-18,21-22H,1-2,7-14,19-20H2/p+1. The van der Waals surface area contributed by atoms with Gasteiger partial charge in [0.1, 0.15) is 17.3 Å². The molecule has 146 valence electrons. The predicted octanol–water partition coefficient (Wildman–Crippen LogP) is 7.00. The topological polar surface area (TPSA) is 0 Å². The number of hydrogen-bond acceptors (Lipinski definition) is 0. The monoisotopic (exact) mass is 389 g/mol. The molecule has 5 rings (SSSR count). The summed E-state index contributed by atoms with van der Waals surface area (Å²) in [6.45, 7) is 1.10. The smallest absolute Gasteiger partial charge is 0.0737 e. The van der Waals surface area contributed by atoms with Gasteiger partial charge in [-0.3, -0.25) is 0 Å². The Balaban J connectivity index is 1.11. The van der Waals surface area contributed by atoms with Gasteiger partial charge in [-0.05, 0) is 25.0 Å². The Hall–Kier alpha value is -1.07. The van der Waals surface area contributed by atoms with E-state index in [1.54, 1.807) is 42.6 Å². The van der Waals surface area contributed by atoms with E-state index in [2.05, 4.69) is 48.5 Å². The third-order valence-corrected chi connectivity index (χ3v) is 11.0. The molecule has 2 aromatic carbocycles. The van der Waals surface area contributed by atoms with Crippen molar-refractivity contribution in [1.29, 1.82) is 0 Å². The molecule has 3 aliphatic rings. The number of rotatable bonds is 7. The molecule has 0 aliphatic carbocycles. The molecule has 3 heterocycles. The molecular formula is C26H35BP+. The first-order valence-corrected chi connectivity index (χ1v) is 13.7. The van der Waals surface area contributed by atoms with Crippen molar-refractivity contribution in [3.8, 4) is 11.1 Å². The Kier molecular flexibility index (Phi) is 5.91. The van der Waals surface area contributed by atoms with E-state index in [0.717, 1.165) is 18.3 Å². The maximum atomic E-state index is 2.41. The second kappa shape index (κ2) is 8.75. The lowest BCUT2D eigenvalue weighted by Crippen LogP contribution is -2.34. The Bertz CT molecular complexity index is 733. The maximum Gasteiger partial charge on any atom is 0.146 e. The van der Waals surface area contributed by atoms with E-state index >= 15 is 0 Å². The first kappa shape index (κ1) is 18.9. The van der Waals surface area contributed by atoms with E-state index in [1.165, 1.54) is 55.8 Å². The summed E-state index contributed by atoms with van der Waals surface area (Å²) in [5.74, 6) is 2.20. The summed E-state index contributed by atoms with van der Waals surface area (Å²) in [6.07, 6.45) is 18.0. The molecule has 0 spiro atoms. The molecule has 0 atom stereocenters. The molecule has 28 heavy (non-hydrogen) atoms. The van der Waals surface area contributed by atoms with Gasteiger partial charge in [0.05, 0.1) is 14.1 Å². The fourth-order valence-corrected chi connectivity index (χ4v) is 9.81. The summed E-state index contributed by atoms with van der Waals surface area (Å²) in [5, 5.41) is 3.34. The highest BCUT2D eigenvalue weighted by atomic mass is 31.1. The number of unbranched alkanes of at least 4 members (excludes halogenated alkanes) is 3. The number of benzene rings is 2. The number of hydrogen-bond donors (Lipinski definition) is 0. The molecule has 0 N–H and O–H groups in total. The van der Waals surface area contributed by atoms with Crippen LogP contribution in [0.5, 0.6) is 0 Å². The van der Waals surface area contributed by atoms with Crippen LogP contribution in [0.4, 0.5) is 0 Å². The molecule has 0 saturated carbocycles. The Morgan fingerprint density at radius 3 is 1.82 bits per heavy atom. The van der Waals surface area contributed by atoms with Gasteiger partial charge in [0.2, 0.25) is 0 Å². The fraction of sp³-hybridized carbons (Fsp3) is 0.538. The molecule has 0 aromatic heterocycles. The molecule has 2 heteroatoms. The van der Waals surface area contributed by atoms with Gasteiger partial charge in [0.25, 0.3) is 0 Å². The van der Waals surface area contributed by atoms with Crippen LogP contribution in [-0.4, -0.2) is 12.9 Å². The van der Waals surface area contributed by atoms with Crippen molar-refractivity contribution in [1.82, 2.24) is 0 Å². The van der Waals surface area contributed by atoms with E-state index in [4.69, 9.17) is 0 Å². The highest BCUT2D eigenvalue weighted by Crippen LogP contribution is 2.48. The molecular weight excluding hydrogens is 354 g/mol. The first-order valence-electron chi connectivity index (χ1n) is 12.0. The van der Waals surface area contributed by atoms with E-state index in [0.29, 0.717) is 0 Å². The second-order valence-corrected chi connectivity index (χ2v) is 12.1. The van der Waals surface area contributed by atoms with Gasteiger partial charge in [0, 0.05) is 11.1 Å².